The topological polar surface area (TPSA) is 103 Å². The Morgan fingerprint density at radius 2 is 1.96 bits per heavy atom. The number of nitrogens with zero attached hydrogens (tertiary/aromatic N) is 2. The molecule has 140 valence electrons. The lowest BCUT2D eigenvalue weighted by Crippen LogP contribution is -2.38. The van der Waals surface area contributed by atoms with E-state index in [9.17, 15) is 9.59 Å². The number of amides is 1. The van der Waals surface area contributed by atoms with Crippen LogP contribution in [0.15, 0.2) is 36.5 Å². The number of aliphatic carboxylic acids is 1. The molecule has 0 aliphatic heterocycles. The average molecular weight is 361 g/mol. The van der Waals surface area contributed by atoms with Gasteiger partial charge in [0.05, 0.1) is 25.0 Å². The first kappa shape index (κ1) is 19.5. The smallest absolute Gasteiger partial charge is 0.334 e. The van der Waals surface area contributed by atoms with Crippen molar-refractivity contribution < 1.29 is 24.2 Å². The van der Waals surface area contributed by atoms with Gasteiger partial charge in [-0.2, -0.15) is 5.10 Å². The van der Waals surface area contributed by atoms with Crippen LogP contribution < -0.4 is 10.1 Å². The summed E-state index contributed by atoms with van der Waals surface area (Å²) in [5, 5.41) is 15.8. The zero-order chi connectivity index (χ0) is 19.1. The van der Waals surface area contributed by atoms with E-state index in [4.69, 9.17) is 14.6 Å². The standard InChI is InChI=1S/C18H23N3O5/c1-12(2)11-26-15-10-21(13-7-5-4-6-8-13)20-16(15)17(22)19-9-14(25-3)18(23)24/h4-8,10,12,14H,9,11H2,1-3H3,(H,19,22)(H,23,24). The summed E-state index contributed by atoms with van der Waals surface area (Å²) in [5.41, 5.74) is 0.871. The number of hydrogen-bond acceptors (Lipinski definition) is 5. The van der Waals surface area contributed by atoms with Crippen molar-refractivity contribution >= 4 is 11.9 Å². The van der Waals surface area contributed by atoms with E-state index in [2.05, 4.69) is 10.4 Å². The minimum absolute atomic E-state index is 0.0924. The van der Waals surface area contributed by atoms with Gasteiger partial charge in [0.2, 0.25) is 0 Å². The lowest BCUT2D eigenvalue weighted by atomic mass is 10.2. The van der Waals surface area contributed by atoms with Crippen molar-refractivity contribution in [1.82, 2.24) is 15.1 Å². The Morgan fingerprint density at radius 3 is 2.54 bits per heavy atom. The molecule has 1 unspecified atom stereocenters. The van der Waals surface area contributed by atoms with Gasteiger partial charge in [-0.25, -0.2) is 9.48 Å². The maximum absolute atomic E-state index is 12.5. The van der Waals surface area contributed by atoms with Crippen molar-refractivity contribution in [3.8, 4) is 11.4 Å². The van der Waals surface area contributed by atoms with Crippen LogP contribution in [-0.4, -0.2) is 53.1 Å². The highest BCUT2D eigenvalue weighted by molar-refractivity contribution is 5.95. The molecule has 0 bridgehead atoms. The molecule has 8 heteroatoms. The van der Waals surface area contributed by atoms with Gasteiger partial charge < -0.3 is 19.9 Å². The number of benzene rings is 1. The third-order valence-electron chi connectivity index (χ3n) is 3.50. The molecule has 8 nitrogen and oxygen atoms in total. The van der Waals surface area contributed by atoms with E-state index < -0.39 is 18.0 Å². The Bertz CT molecular complexity index is 743. The van der Waals surface area contributed by atoms with Crippen LogP contribution in [0.5, 0.6) is 5.75 Å². The molecule has 0 saturated heterocycles. The molecule has 2 N–H and O–H groups in total. The van der Waals surface area contributed by atoms with Gasteiger partial charge in [-0.05, 0) is 18.1 Å². The van der Waals surface area contributed by atoms with Crippen LogP contribution in [0.1, 0.15) is 24.3 Å². The summed E-state index contributed by atoms with van der Waals surface area (Å²) in [6.07, 6.45) is 0.507. The van der Waals surface area contributed by atoms with E-state index in [1.807, 2.05) is 44.2 Å². The minimum Gasteiger partial charge on any atom is -0.489 e. The average Bonchev–Trinajstić information content (AvgIpc) is 3.05. The van der Waals surface area contributed by atoms with E-state index in [-0.39, 0.29) is 18.2 Å². The number of hydrogen-bond donors (Lipinski definition) is 2. The second-order valence-electron chi connectivity index (χ2n) is 6.10. The number of para-hydroxylation sites is 1. The molecule has 1 heterocycles. The highest BCUT2D eigenvalue weighted by Gasteiger charge is 2.22. The van der Waals surface area contributed by atoms with Crippen LogP contribution >= 0.6 is 0 Å². The third-order valence-corrected chi connectivity index (χ3v) is 3.50. The van der Waals surface area contributed by atoms with Crippen LogP contribution in [0.3, 0.4) is 0 Å². The molecular weight excluding hydrogens is 338 g/mol. The number of carbonyl (C=O) groups is 2. The molecule has 1 amide bonds. The Morgan fingerprint density at radius 1 is 1.27 bits per heavy atom. The number of carboxylic acid groups (broad SMARTS) is 1. The van der Waals surface area contributed by atoms with Crippen LogP contribution in [0.4, 0.5) is 0 Å². The fourth-order valence-electron chi connectivity index (χ4n) is 2.13. The number of carboxylic acids is 1. The fourth-order valence-corrected chi connectivity index (χ4v) is 2.13. The Kier molecular flexibility index (Phi) is 6.74. The highest BCUT2D eigenvalue weighted by Crippen LogP contribution is 2.20. The number of aromatic nitrogens is 2. The van der Waals surface area contributed by atoms with Gasteiger partial charge in [0.1, 0.15) is 0 Å². The molecule has 0 aliphatic rings. The highest BCUT2D eigenvalue weighted by atomic mass is 16.5. The van der Waals surface area contributed by atoms with Crippen molar-refractivity contribution in [2.45, 2.75) is 20.0 Å². The summed E-state index contributed by atoms with van der Waals surface area (Å²) in [4.78, 5) is 23.5. The van der Waals surface area contributed by atoms with Crippen LogP contribution in [0, 0.1) is 5.92 Å². The van der Waals surface area contributed by atoms with Gasteiger partial charge in [-0.1, -0.05) is 32.0 Å². The third kappa shape index (κ3) is 5.06. The zero-order valence-corrected chi connectivity index (χ0v) is 15.0. The summed E-state index contributed by atoms with van der Waals surface area (Å²) in [5.74, 6) is -1.07. The number of rotatable bonds is 9. The van der Waals surface area contributed by atoms with Crippen molar-refractivity contribution in [2.24, 2.45) is 5.92 Å². The number of methoxy groups -OCH3 is 1. The lowest BCUT2D eigenvalue weighted by molar-refractivity contribution is -0.148. The zero-order valence-electron chi connectivity index (χ0n) is 15.0. The maximum atomic E-state index is 12.5. The van der Waals surface area contributed by atoms with Crippen LogP contribution in [-0.2, 0) is 9.53 Å². The summed E-state index contributed by atoms with van der Waals surface area (Å²) >= 11 is 0. The Hall–Kier alpha value is -2.87. The van der Waals surface area contributed by atoms with Crippen molar-refractivity contribution in [3.05, 3.63) is 42.2 Å². The lowest BCUT2D eigenvalue weighted by Gasteiger charge is -2.11. The SMILES string of the molecule is COC(CNC(=O)c1nn(-c2ccccc2)cc1OCC(C)C)C(=O)O. The first-order valence-corrected chi connectivity index (χ1v) is 8.24. The molecule has 1 atom stereocenters. The van der Waals surface area contributed by atoms with E-state index in [0.29, 0.717) is 12.4 Å². The van der Waals surface area contributed by atoms with Crippen molar-refractivity contribution in [1.29, 1.82) is 0 Å². The summed E-state index contributed by atoms with van der Waals surface area (Å²) in [7, 11) is 1.27. The van der Waals surface area contributed by atoms with Gasteiger partial charge in [0, 0.05) is 7.11 Å². The number of nitrogens with one attached hydrogen (secondary N) is 1. The summed E-state index contributed by atoms with van der Waals surface area (Å²) in [6.45, 7) is 4.25. The normalized spacial score (nSPS) is 12.0. The first-order valence-electron chi connectivity index (χ1n) is 8.24. The molecular formula is C18H23N3O5. The minimum atomic E-state index is -1.15. The van der Waals surface area contributed by atoms with Crippen LogP contribution in [0.2, 0.25) is 0 Å². The van der Waals surface area contributed by atoms with E-state index in [1.54, 1.807) is 10.9 Å². The molecule has 0 spiro atoms. The van der Waals surface area contributed by atoms with E-state index >= 15 is 0 Å². The predicted molar refractivity (Wildman–Crippen MR) is 94.7 cm³/mol. The fraction of sp³-hybridized carbons (Fsp3) is 0.389. The Labute approximate surface area is 151 Å². The van der Waals surface area contributed by atoms with Gasteiger partial charge in [0.15, 0.2) is 17.5 Å². The first-order chi connectivity index (χ1) is 12.4. The largest absolute Gasteiger partial charge is 0.489 e. The molecule has 2 rings (SSSR count). The van der Waals surface area contributed by atoms with Crippen molar-refractivity contribution in [3.63, 3.8) is 0 Å². The molecule has 2 aromatic rings. The number of carbonyl (C=O) groups excluding carboxylic acids is 1. The van der Waals surface area contributed by atoms with Gasteiger partial charge in [-0.15, -0.1) is 0 Å². The quantitative estimate of drug-likeness (QED) is 0.705. The van der Waals surface area contributed by atoms with Gasteiger partial charge in [0.25, 0.3) is 5.91 Å². The second kappa shape index (κ2) is 9.00. The van der Waals surface area contributed by atoms with Crippen LogP contribution in [0.25, 0.3) is 5.69 Å². The van der Waals surface area contributed by atoms with Crippen molar-refractivity contribution in [2.75, 3.05) is 20.3 Å². The monoisotopic (exact) mass is 361 g/mol. The van der Waals surface area contributed by atoms with Gasteiger partial charge in [-0.3, -0.25) is 4.79 Å². The maximum Gasteiger partial charge on any atom is 0.334 e. The van der Waals surface area contributed by atoms with E-state index in [1.165, 1.54) is 7.11 Å². The molecule has 26 heavy (non-hydrogen) atoms. The number of ether oxygens (including phenoxy) is 2. The molecule has 0 radical (unpaired) electrons. The summed E-state index contributed by atoms with van der Waals surface area (Å²) in [6, 6.07) is 9.31. The second-order valence-corrected chi connectivity index (χ2v) is 6.10. The molecule has 1 aromatic heterocycles. The Balaban J connectivity index is 2.22. The molecule has 0 fully saturated rings. The van der Waals surface area contributed by atoms with E-state index in [0.717, 1.165) is 5.69 Å². The van der Waals surface area contributed by atoms with Gasteiger partial charge >= 0.3 is 5.97 Å². The molecule has 1 aromatic carbocycles. The predicted octanol–water partition coefficient (Wildman–Crippen LogP) is 1.74. The molecule has 0 saturated carbocycles. The molecule has 0 aliphatic carbocycles. The summed E-state index contributed by atoms with van der Waals surface area (Å²) < 4.78 is 12.1.